The molecule has 0 aliphatic rings. The molecule has 1 amide bonds. The predicted molar refractivity (Wildman–Crippen MR) is 115 cm³/mol. The van der Waals surface area contributed by atoms with Crippen molar-refractivity contribution in [2.45, 2.75) is 13.5 Å². The number of carbonyl (C=O) groups is 1. The summed E-state index contributed by atoms with van der Waals surface area (Å²) in [6.45, 7) is 6.86. The van der Waals surface area contributed by atoms with Crippen molar-refractivity contribution in [2.75, 3.05) is 13.6 Å². The van der Waals surface area contributed by atoms with Crippen LogP contribution in [-0.4, -0.2) is 44.6 Å². The molecule has 150 valence electrons. The summed E-state index contributed by atoms with van der Waals surface area (Å²) >= 11 is 0. The van der Waals surface area contributed by atoms with E-state index in [1.807, 2.05) is 55.5 Å². The van der Waals surface area contributed by atoms with Crippen LogP contribution in [0.15, 0.2) is 73.0 Å². The number of hydrogen-bond donors (Lipinski definition) is 2. The number of rotatable bonds is 7. The van der Waals surface area contributed by atoms with Gasteiger partial charge in [-0.05, 0) is 37.7 Å². The van der Waals surface area contributed by atoms with E-state index < -0.39 is 0 Å². The molecule has 3 N–H and O–H groups in total. The number of amides is 1. The summed E-state index contributed by atoms with van der Waals surface area (Å²) in [5.74, 6) is 0.858. The van der Waals surface area contributed by atoms with Gasteiger partial charge in [0.2, 0.25) is 0 Å². The SMILES string of the molecule is C=C/C(=C\c1nc(-c2ccccn2)n[nH]1)C(=O)N(CC)Cc1ccccc1.CN. The summed E-state index contributed by atoms with van der Waals surface area (Å²) in [7, 11) is 1.50. The number of nitrogens with one attached hydrogen (secondary N) is 1. The first-order valence-corrected chi connectivity index (χ1v) is 9.30. The van der Waals surface area contributed by atoms with Crippen molar-refractivity contribution in [3.05, 3.63) is 84.3 Å². The van der Waals surface area contributed by atoms with Gasteiger partial charge >= 0.3 is 0 Å². The smallest absolute Gasteiger partial charge is 0.254 e. The summed E-state index contributed by atoms with van der Waals surface area (Å²) < 4.78 is 0. The van der Waals surface area contributed by atoms with Crippen LogP contribution < -0.4 is 5.73 Å². The summed E-state index contributed by atoms with van der Waals surface area (Å²) in [6, 6.07) is 15.4. The van der Waals surface area contributed by atoms with Gasteiger partial charge < -0.3 is 10.6 Å². The number of nitrogens with two attached hydrogens (primary N) is 1. The third kappa shape index (κ3) is 5.95. The molecule has 2 heterocycles. The van der Waals surface area contributed by atoms with Crippen molar-refractivity contribution in [3.63, 3.8) is 0 Å². The quantitative estimate of drug-likeness (QED) is 0.477. The molecule has 0 spiro atoms. The van der Waals surface area contributed by atoms with Gasteiger partial charge in [0, 0.05) is 24.9 Å². The Hall–Kier alpha value is -3.58. The Bertz CT molecular complexity index is 934. The Balaban J connectivity index is 0.00000145. The van der Waals surface area contributed by atoms with Gasteiger partial charge in [0.1, 0.15) is 11.5 Å². The predicted octanol–water partition coefficient (Wildman–Crippen LogP) is 3.06. The molecule has 0 fully saturated rings. The maximum Gasteiger partial charge on any atom is 0.254 e. The third-order valence-corrected chi connectivity index (χ3v) is 4.04. The second-order valence-corrected chi connectivity index (χ2v) is 5.87. The lowest BCUT2D eigenvalue weighted by molar-refractivity contribution is -0.127. The van der Waals surface area contributed by atoms with Crippen molar-refractivity contribution < 1.29 is 4.79 Å². The van der Waals surface area contributed by atoms with Crippen molar-refractivity contribution in [1.29, 1.82) is 0 Å². The van der Waals surface area contributed by atoms with Gasteiger partial charge in [-0.3, -0.25) is 14.9 Å². The highest BCUT2D eigenvalue weighted by atomic mass is 16.2. The molecule has 29 heavy (non-hydrogen) atoms. The first kappa shape index (κ1) is 21.7. The fourth-order valence-corrected chi connectivity index (χ4v) is 2.62. The molecule has 0 saturated heterocycles. The van der Waals surface area contributed by atoms with Gasteiger partial charge in [0.15, 0.2) is 5.82 Å². The molecule has 2 aromatic heterocycles. The lowest BCUT2D eigenvalue weighted by Gasteiger charge is -2.21. The molecule has 0 aliphatic heterocycles. The first-order valence-electron chi connectivity index (χ1n) is 9.30. The Morgan fingerprint density at radius 2 is 1.90 bits per heavy atom. The van der Waals surface area contributed by atoms with Crippen LogP contribution in [0.4, 0.5) is 0 Å². The number of H-pyrrole nitrogens is 1. The summed E-state index contributed by atoms with van der Waals surface area (Å²) in [5, 5.41) is 7.00. The number of hydrogen-bond acceptors (Lipinski definition) is 5. The number of benzene rings is 1. The van der Waals surface area contributed by atoms with Gasteiger partial charge in [-0.2, -0.15) is 5.10 Å². The molecule has 0 atom stereocenters. The van der Waals surface area contributed by atoms with Gasteiger partial charge in [0.05, 0.1) is 0 Å². The third-order valence-electron chi connectivity index (χ3n) is 4.04. The van der Waals surface area contributed by atoms with Crippen LogP contribution in [0.5, 0.6) is 0 Å². The molecule has 0 bridgehead atoms. The van der Waals surface area contributed by atoms with E-state index in [2.05, 4.69) is 32.5 Å². The summed E-state index contributed by atoms with van der Waals surface area (Å²) in [6.07, 6.45) is 4.88. The minimum atomic E-state index is -0.105. The van der Waals surface area contributed by atoms with Crippen LogP contribution in [0, 0.1) is 0 Å². The maximum atomic E-state index is 12.9. The molecule has 0 saturated carbocycles. The van der Waals surface area contributed by atoms with E-state index in [4.69, 9.17) is 0 Å². The van der Waals surface area contributed by atoms with Crippen molar-refractivity contribution in [3.8, 4) is 11.5 Å². The minimum Gasteiger partial charge on any atom is -0.335 e. The fraction of sp³-hybridized carbons (Fsp3) is 0.182. The van der Waals surface area contributed by atoms with Crippen LogP contribution in [0.25, 0.3) is 17.6 Å². The van der Waals surface area contributed by atoms with Crippen molar-refractivity contribution in [1.82, 2.24) is 25.1 Å². The molecule has 1 aromatic carbocycles. The maximum absolute atomic E-state index is 12.9. The lowest BCUT2D eigenvalue weighted by Crippen LogP contribution is -2.31. The summed E-state index contributed by atoms with van der Waals surface area (Å²) in [4.78, 5) is 23.3. The molecule has 0 aliphatic carbocycles. The van der Waals surface area contributed by atoms with E-state index >= 15 is 0 Å². The topological polar surface area (TPSA) is 101 Å². The number of aromatic nitrogens is 4. The van der Waals surface area contributed by atoms with Crippen LogP contribution in [-0.2, 0) is 11.3 Å². The zero-order valence-electron chi connectivity index (χ0n) is 16.7. The highest BCUT2D eigenvalue weighted by Crippen LogP contribution is 2.14. The highest BCUT2D eigenvalue weighted by Gasteiger charge is 2.16. The van der Waals surface area contributed by atoms with E-state index in [-0.39, 0.29) is 5.91 Å². The Morgan fingerprint density at radius 1 is 1.17 bits per heavy atom. The molecule has 3 aromatic rings. The molecule has 0 unspecified atom stereocenters. The molecule has 7 heteroatoms. The van der Waals surface area contributed by atoms with Crippen LogP contribution >= 0.6 is 0 Å². The Labute approximate surface area is 171 Å². The van der Waals surface area contributed by atoms with Crippen LogP contribution in [0.3, 0.4) is 0 Å². The first-order chi connectivity index (χ1) is 14.2. The Morgan fingerprint density at radius 3 is 2.52 bits per heavy atom. The average Bonchev–Trinajstić information content (AvgIpc) is 3.27. The number of nitrogens with zero attached hydrogens (tertiary/aromatic N) is 4. The molecule has 0 radical (unpaired) electrons. The number of aromatic amines is 1. The highest BCUT2D eigenvalue weighted by molar-refractivity contribution is 6.00. The minimum absolute atomic E-state index is 0.105. The lowest BCUT2D eigenvalue weighted by atomic mass is 10.1. The average molecular weight is 390 g/mol. The Kier molecular flexibility index (Phi) is 8.47. The van der Waals surface area contributed by atoms with Gasteiger partial charge in [-0.1, -0.05) is 49.1 Å². The van der Waals surface area contributed by atoms with E-state index in [1.165, 1.54) is 7.05 Å². The second kappa shape index (κ2) is 11.3. The molecular weight excluding hydrogens is 364 g/mol. The van der Waals surface area contributed by atoms with Crippen molar-refractivity contribution >= 4 is 12.0 Å². The van der Waals surface area contributed by atoms with Gasteiger partial charge in [-0.25, -0.2) is 4.98 Å². The normalized spacial score (nSPS) is 10.7. The van der Waals surface area contributed by atoms with E-state index in [0.29, 0.717) is 36.0 Å². The number of carbonyl (C=O) groups excluding carboxylic acids is 1. The fourth-order valence-electron chi connectivity index (χ4n) is 2.62. The van der Waals surface area contributed by atoms with Gasteiger partial charge in [0.25, 0.3) is 5.91 Å². The van der Waals surface area contributed by atoms with Crippen molar-refractivity contribution in [2.24, 2.45) is 5.73 Å². The second-order valence-electron chi connectivity index (χ2n) is 5.87. The summed E-state index contributed by atoms with van der Waals surface area (Å²) in [5.41, 5.74) is 6.70. The standard InChI is InChI=1S/C21H21N5O.CH5N/c1-3-17(21(27)26(4-2)15-16-10-6-5-7-11-16)14-19-23-20(25-24-19)18-12-8-9-13-22-18;1-2/h3,5-14H,1,4,15H2,2H3,(H,23,24,25);2H2,1H3/b17-14+;. The zero-order valence-corrected chi connectivity index (χ0v) is 16.7. The van der Waals surface area contributed by atoms with Gasteiger partial charge in [-0.15, -0.1) is 0 Å². The largest absolute Gasteiger partial charge is 0.335 e. The van der Waals surface area contributed by atoms with E-state index in [9.17, 15) is 4.79 Å². The molecular formula is C22H26N6O. The van der Waals surface area contributed by atoms with Crippen LogP contribution in [0.1, 0.15) is 18.3 Å². The number of pyridine rings is 1. The van der Waals surface area contributed by atoms with E-state index in [0.717, 1.165) is 5.56 Å². The zero-order chi connectivity index (χ0) is 21.1. The monoisotopic (exact) mass is 390 g/mol. The number of likely N-dealkylation sites (N-methyl/N-ethyl adjacent to an activating group) is 1. The van der Waals surface area contributed by atoms with E-state index in [1.54, 1.807) is 23.2 Å². The molecule has 7 nitrogen and oxygen atoms in total. The molecule has 3 rings (SSSR count). The van der Waals surface area contributed by atoms with Crippen LogP contribution in [0.2, 0.25) is 0 Å².